The second-order valence-electron chi connectivity index (χ2n) is 6.97. The Bertz CT molecular complexity index is 977. The van der Waals surface area contributed by atoms with E-state index in [0.717, 1.165) is 27.9 Å². The van der Waals surface area contributed by atoms with Crippen molar-refractivity contribution < 1.29 is 9.32 Å². The Hall–Kier alpha value is -2.95. The number of hydrogen-bond acceptors (Lipinski definition) is 4. The van der Waals surface area contributed by atoms with Crippen LogP contribution in [0.3, 0.4) is 0 Å². The van der Waals surface area contributed by atoms with Crippen LogP contribution in [0, 0.1) is 20.8 Å². The maximum atomic E-state index is 12.5. The molecule has 5 heteroatoms. The van der Waals surface area contributed by atoms with Gasteiger partial charge in [0.15, 0.2) is 0 Å². The van der Waals surface area contributed by atoms with Gasteiger partial charge in [-0.05, 0) is 44.0 Å². The number of carbonyl (C=O) groups excluding carboxylic acids is 1. The SMILES string of the molecule is Cc1ccc(C)c(-c2noc(C3CC(=O)N(c4ccccc4C)C3)n2)c1. The van der Waals surface area contributed by atoms with E-state index >= 15 is 0 Å². The van der Waals surface area contributed by atoms with E-state index in [1.807, 2.05) is 49.9 Å². The van der Waals surface area contributed by atoms with Crippen LogP contribution in [0.2, 0.25) is 0 Å². The third kappa shape index (κ3) is 2.90. The Balaban J connectivity index is 1.60. The Kier molecular flexibility index (Phi) is 4.07. The molecule has 0 N–H and O–H groups in total. The number of benzene rings is 2. The van der Waals surface area contributed by atoms with Crippen LogP contribution in [0.15, 0.2) is 47.0 Å². The van der Waals surface area contributed by atoms with E-state index < -0.39 is 0 Å². The number of amides is 1. The van der Waals surface area contributed by atoms with E-state index in [1.165, 1.54) is 0 Å². The molecule has 1 aliphatic heterocycles. The van der Waals surface area contributed by atoms with Crippen LogP contribution in [0.4, 0.5) is 5.69 Å². The molecule has 3 aromatic rings. The molecule has 1 amide bonds. The van der Waals surface area contributed by atoms with Gasteiger partial charge in [-0.2, -0.15) is 4.98 Å². The topological polar surface area (TPSA) is 59.2 Å². The lowest BCUT2D eigenvalue weighted by Crippen LogP contribution is -2.25. The molecule has 26 heavy (non-hydrogen) atoms. The smallest absolute Gasteiger partial charge is 0.232 e. The van der Waals surface area contributed by atoms with Crippen LogP contribution >= 0.6 is 0 Å². The summed E-state index contributed by atoms with van der Waals surface area (Å²) >= 11 is 0. The highest BCUT2D eigenvalue weighted by molar-refractivity contribution is 5.97. The summed E-state index contributed by atoms with van der Waals surface area (Å²) in [4.78, 5) is 18.9. The van der Waals surface area contributed by atoms with Crippen molar-refractivity contribution in [1.82, 2.24) is 10.1 Å². The molecule has 5 nitrogen and oxygen atoms in total. The molecule has 0 saturated carbocycles. The summed E-state index contributed by atoms with van der Waals surface area (Å²) in [6, 6.07) is 14.1. The highest BCUT2D eigenvalue weighted by atomic mass is 16.5. The minimum Gasteiger partial charge on any atom is -0.339 e. The van der Waals surface area contributed by atoms with Crippen molar-refractivity contribution >= 4 is 11.6 Å². The van der Waals surface area contributed by atoms with Crippen LogP contribution in [-0.2, 0) is 4.79 Å². The zero-order valence-electron chi connectivity index (χ0n) is 15.2. The Morgan fingerprint density at radius 1 is 1.08 bits per heavy atom. The number of rotatable bonds is 3. The van der Waals surface area contributed by atoms with E-state index in [1.54, 1.807) is 0 Å². The average molecular weight is 347 g/mol. The van der Waals surface area contributed by atoms with Gasteiger partial charge in [0, 0.05) is 24.2 Å². The van der Waals surface area contributed by atoms with Gasteiger partial charge in [-0.25, -0.2) is 0 Å². The van der Waals surface area contributed by atoms with Crippen molar-refractivity contribution in [1.29, 1.82) is 0 Å². The summed E-state index contributed by atoms with van der Waals surface area (Å²) < 4.78 is 5.52. The number of anilines is 1. The number of aromatic nitrogens is 2. The first-order valence-electron chi connectivity index (χ1n) is 8.80. The van der Waals surface area contributed by atoms with Gasteiger partial charge in [-0.15, -0.1) is 0 Å². The van der Waals surface area contributed by atoms with Crippen molar-refractivity contribution in [2.75, 3.05) is 11.4 Å². The lowest BCUT2D eigenvalue weighted by atomic mass is 10.1. The first-order valence-corrected chi connectivity index (χ1v) is 8.80. The number of aryl methyl sites for hydroxylation is 3. The van der Waals surface area contributed by atoms with Gasteiger partial charge >= 0.3 is 0 Å². The standard InChI is InChI=1S/C21H21N3O2/c1-13-8-9-14(2)17(10-13)20-22-21(26-23-20)16-11-19(25)24(12-16)18-7-5-4-6-15(18)3/h4-10,16H,11-12H2,1-3H3. The van der Waals surface area contributed by atoms with Crippen LogP contribution < -0.4 is 4.90 Å². The summed E-state index contributed by atoms with van der Waals surface area (Å²) in [5.41, 5.74) is 5.27. The molecule has 1 fully saturated rings. The molecule has 1 atom stereocenters. The molecule has 0 spiro atoms. The number of hydrogen-bond donors (Lipinski definition) is 0. The minimum atomic E-state index is -0.0755. The lowest BCUT2D eigenvalue weighted by molar-refractivity contribution is -0.117. The molecule has 0 aliphatic carbocycles. The molecular weight excluding hydrogens is 326 g/mol. The molecule has 4 rings (SSSR count). The highest BCUT2D eigenvalue weighted by Crippen LogP contribution is 2.33. The van der Waals surface area contributed by atoms with Crippen molar-refractivity contribution in [2.24, 2.45) is 0 Å². The number of para-hydroxylation sites is 1. The number of nitrogens with zero attached hydrogens (tertiary/aromatic N) is 3. The van der Waals surface area contributed by atoms with Gasteiger partial charge in [-0.1, -0.05) is 41.1 Å². The molecule has 1 aliphatic rings. The lowest BCUT2D eigenvalue weighted by Gasteiger charge is -2.18. The largest absolute Gasteiger partial charge is 0.339 e. The van der Waals surface area contributed by atoms with Crippen molar-refractivity contribution in [3.8, 4) is 11.4 Å². The first kappa shape index (κ1) is 16.5. The normalized spacial score (nSPS) is 17.1. The fraction of sp³-hybridized carbons (Fsp3) is 0.286. The molecule has 2 aromatic carbocycles. The van der Waals surface area contributed by atoms with Gasteiger partial charge in [0.1, 0.15) is 0 Å². The van der Waals surface area contributed by atoms with Crippen LogP contribution in [0.25, 0.3) is 11.4 Å². The number of carbonyl (C=O) groups is 1. The second kappa shape index (κ2) is 6.41. The summed E-state index contributed by atoms with van der Waals surface area (Å²) in [7, 11) is 0. The van der Waals surface area contributed by atoms with Crippen molar-refractivity contribution in [3.63, 3.8) is 0 Å². The second-order valence-corrected chi connectivity index (χ2v) is 6.97. The Morgan fingerprint density at radius 3 is 2.69 bits per heavy atom. The van der Waals surface area contributed by atoms with E-state index in [9.17, 15) is 4.79 Å². The Morgan fingerprint density at radius 2 is 1.88 bits per heavy atom. The predicted molar refractivity (Wildman–Crippen MR) is 100 cm³/mol. The van der Waals surface area contributed by atoms with Gasteiger partial charge in [0.2, 0.25) is 17.6 Å². The summed E-state index contributed by atoms with van der Waals surface area (Å²) in [5.74, 6) is 1.14. The van der Waals surface area contributed by atoms with Gasteiger partial charge in [0.25, 0.3) is 0 Å². The first-order chi connectivity index (χ1) is 12.5. The van der Waals surface area contributed by atoms with Crippen molar-refractivity contribution in [2.45, 2.75) is 33.1 Å². The predicted octanol–water partition coefficient (Wildman–Crippen LogP) is 4.18. The molecular formula is C21H21N3O2. The third-order valence-electron chi connectivity index (χ3n) is 4.96. The van der Waals surface area contributed by atoms with E-state index in [2.05, 4.69) is 28.3 Å². The van der Waals surface area contributed by atoms with E-state index in [0.29, 0.717) is 24.7 Å². The van der Waals surface area contributed by atoms with Gasteiger partial charge in [0.05, 0.1) is 5.92 Å². The molecule has 1 saturated heterocycles. The Labute approximate surface area is 152 Å². The maximum absolute atomic E-state index is 12.5. The molecule has 0 bridgehead atoms. The molecule has 1 aromatic heterocycles. The zero-order valence-corrected chi connectivity index (χ0v) is 15.2. The fourth-order valence-corrected chi connectivity index (χ4v) is 3.46. The molecule has 0 radical (unpaired) electrons. The van der Waals surface area contributed by atoms with Crippen molar-refractivity contribution in [3.05, 3.63) is 65.0 Å². The molecule has 2 heterocycles. The fourth-order valence-electron chi connectivity index (χ4n) is 3.46. The molecule has 1 unspecified atom stereocenters. The minimum absolute atomic E-state index is 0.0755. The van der Waals surface area contributed by atoms with Gasteiger partial charge in [-0.3, -0.25) is 4.79 Å². The molecule has 132 valence electrons. The maximum Gasteiger partial charge on any atom is 0.232 e. The summed E-state index contributed by atoms with van der Waals surface area (Å²) in [6.45, 7) is 6.66. The van der Waals surface area contributed by atoms with Crippen LogP contribution in [0.5, 0.6) is 0 Å². The third-order valence-corrected chi connectivity index (χ3v) is 4.96. The van der Waals surface area contributed by atoms with Crippen LogP contribution in [-0.4, -0.2) is 22.6 Å². The highest BCUT2D eigenvalue weighted by Gasteiger charge is 2.35. The average Bonchev–Trinajstić information content (AvgIpc) is 3.24. The van der Waals surface area contributed by atoms with E-state index in [-0.39, 0.29) is 11.8 Å². The van der Waals surface area contributed by atoms with E-state index in [4.69, 9.17) is 4.52 Å². The zero-order chi connectivity index (χ0) is 18.3. The quantitative estimate of drug-likeness (QED) is 0.713. The van der Waals surface area contributed by atoms with Gasteiger partial charge < -0.3 is 9.42 Å². The summed E-state index contributed by atoms with van der Waals surface area (Å²) in [5, 5.41) is 4.16. The van der Waals surface area contributed by atoms with Crippen LogP contribution in [0.1, 0.15) is 34.9 Å². The summed E-state index contributed by atoms with van der Waals surface area (Å²) in [6.07, 6.45) is 0.392. The monoisotopic (exact) mass is 347 g/mol.